The van der Waals surface area contributed by atoms with Gasteiger partial charge in [0.25, 0.3) is 5.91 Å². The van der Waals surface area contributed by atoms with Crippen molar-refractivity contribution in [3.63, 3.8) is 0 Å². The summed E-state index contributed by atoms with van der Waals surface area (Å²) in [4.78, 5) is 14.5. The Morgan fingerprint density at radius 1 is 0.966 bits per heavy atom. The van der Waals surface area contributed by atoms with Crippen molar-refractivity contribution in [2.45, 2.75) is 38.0 Å². The Kier molecular flexibility index (Phi) is 6.67. The second kappa shape index (κ2) is 9.79. The highest BCUT2D eigenvalue weighted by atomic mass is 16.5. The molecule has 5 heteroatoms. The summed E-state index contributed by atoms with van der Waals surface area (Å²) in [5.41, 5.74) is 3.32. The molecule has 154 valence electrons. The number of hydrogen-bond acceptors (Lipinski definition) is 4. The molecule has 4 rings (SSSR count). The molecule has 1 aliphatic heterocycles. The molecule has 2 aliphatic rings. The van der Waals surface area contributed by atoms with Crippen LogP contribution in [0.25, 0.3) is 0 Å². The molecule has 2 aromatic carbocycles. The summed E-state index contributed by atoms with van der Waals surface area (Å²) < 4.78 is 11.1. The van der Waals surface area contributed by atoms with E-state index < -0.39 is 0 Å². The lowest BCUT2D eigenvalue weighted by molar-refractivity contribution is -0.118. The highest BCUT2D eigenvalue weighted by molar-refractivity contribution is 5.92. The Hall–Kier alpha value is -2.53. The molecule has 0 unspecified atom stereocenters. The first kappa shape index (κ1) is 19.8. The average molecular weight is 395 g/mol. The number of anilines is 2. The van der Waals surface area contributed by atoms with E-state index in [4.69, 9.17) is 9.47 Å². The van der Waals surface area contributed by atoms with Crippen LogP contribution in [0.2, 0.25) is 0 Å². The monoisotopic (exact) mass is 394 g/mol. The highest BCUT2D eigenvalue weighted by Crippen LogP contribution is 2.33. The fraction of sp³-hybridized carbons (Fsp3) is 0.458. The minimum Gasteiger partial charge on any atom is -0.484 e. The van der Waals surface area contributed by atoms with Gasteiger partial charge in [-0.2, -0.15) is 0 Å². The molecule has 1 saturated carbocycles. The lowest BCUT2D eigenvalue weighted by Crippen LogP contribution is -2.36. The summed E-state index contributed by atoms with van der Waals surface area (Å²) in [6, 6.07) is 16.2. The number of benzene rings is 2. The second-order valence-corrected chi connectivity index (χ2v) is 7.89. The van der Waals surface area contributed by atoms with Gasteiger partial charge in [-0.1, -0.05) is 31.4 Å². The lowest BCUT2D eigenvalue weighted by Gasteiger charge is -2.28. The Morgan fingerprint density at radius 3 is 2.34 bits per heavy atom. The molecule has 1 aliphatic carbocycles. The van der Waals surface area contributed by atoms with E-state index in [0.717, 1.165) is 43.4 Å². The lowest BCUT2D eigenvalue weighted by atomic mass is 9.84. The first-order valence-corrected chi connectivity index (χ1v) is 10.7. The van der Waals surface area contributed by atoms with Gasteiger partial charge in [-0.25, -0.2) is 0 Å². The van der Waals surface area contributed by atoms with Crippen LogP contribution in [-0.4, -0.2) is 38.8 Å². The van der Waals surface area contributed by atoms with E-state index in [1.807, 2.05) is 36.4 Å². The zero-order chi connectivity index (χ0) is 19.9. The zero-order valence-corrected chi connectivity index (χ0v) is 16.9. The van der Waals surface area contributed by atoms with Crippen molar-refractivity contribution < 1.29 is 14.3 Å². The maximum atomic E-state index is 12.2. The largest absolute Gasteiger partial charge is 0.484 e. The number of carbonyl (C=O) groups excluding carboxylic acids is 1. The van der Waals surface area contributed by atoms with Crippen LogP contribution in [0.4, 0.5) is 11.4 Å². The molecule has 1 N–H and O–H groups in total. The molecule has 2 aromatic rings. The summed E-state index contributed by atoms with van der Waals surface area (Å²) in [6.45, 7) is 3.33. The smallest absolute Gasteiger partial charge is 0.262 e. The van der Waals surface area contributed by atoms with Gasteiger partial charge in [0.05, 0.1) is 13.2 Å². The standard InChI is InChI=1S/C24H30N2O3/c27-24(25-21-8-10-22(11-9-21)26-14-16-28-17-15-26)18-29-23-12-6-20(7-13-23)19-4-2-1-3-5-19/h6-13,19H,1-5,14-18H2,(H,25,27). The van der Waals surface area contributed by atoms with Crippen LogP contribution < -0.4 is 15.0 Å². The third kappa shape index (κ3) is 5.51. The van der Waals surface area contributed by atoms with Crippen molar-refractivity contribution in [2.75, 3.05) is 43.1 Å². The number of morpholine rings is 1. The summed E-state index contributed by atoms with van der Waals surface area (Å²) in [6.07, 6.45) is 6.59. The SMILES string of the molecule is O=C(COc1ccc(C2CCCCC2)cc1)Nc1ccc(N2CCOCC2)cc1. The molecule has 5 nitrogen and oxygen atoms in total. The summed E-state index contributed by atoms with van der Waals surface area (Å²) in [5, 5.41) is 2.90. The molecule has 0 aromatic heterocycles. The van der Waals surface area contributed by atoms with E-state index in [-0.39, 0.29) is 12.5 Å². The van der Waals surface area contributed by atoms with Gasteiger partial charge in [0.1, 0.15) is 5.75 Å². The predicted molar refractivity (Wildman–Crippen MR) is 116 cm³/mol. The molecular weight excluding hydrogens is 364 g/mol. The minimum atomic E-state index is -0.152. The molecule has 29 heavy (non-hydrogen) atoms. The number of amides is 1. The summed E-state index contributed by atoms with van der Waals surface area (Å²) >= 11 is 0. The fourth-order valence-electron chi connectivity index (χ4n) is 4.20. The molecule has 1 saturated heterocycles. The zero-order valence-electron chi connectivity index (χ0n) is 16.9. The number of nitrogens with one attached hydrogen (secondary N) is 1. The fourth-order valence-corrected chi connectivity index (χ4v) is 4.20. The van der Waals surface area contributed by atoms with Crippen LogP contribution in [0.15, 0.2) is 48.5 Å². The molecule has 0 spiro atoms. The van der Waals surface area contributed by atoms with E-state index in [1.165, 1.54) is 37.7 Å². The van der Waals surface area contributed by atoms with Gasteiger partial charge in [-0.05, 0) is 60.7 Å². The van der Waals surface area contributed by atoms with E-state index in [9.17, 15) is 4.79 Å². The van der Waals surface area contributed by atoms with E-state index in [2.05, 4.69) is 22.3 Å². The summed E-state index contributed by atoms with van der Waals surface area (Å²) in [5.74, 6) is 1.27. The van der Waals surface area contributed by atoms with Crippen LogP contribution >= 0.6 is 0 Å². The van der Waals surface area contributed by atoms with Crippen LogP contribution in [0.3, 0.4) is 0 Å². The Labute approximate surface area is 173 Å². The number of hydrogen-bond donors (Lipinski definition) is 1. The van der Waals surface area contributed by atoms with Crippen LogP contribution in [0.1, 0.15) is 43.6 Å². The van der Waals surface area contributed by atoms with Crippen LogP contribution in [-0.2, 0) is 9.53 Å². The topological polar surface area (TPSA) is 50.8 Å². The number of ether oxygens (including phenoxy) is 2. The molecule has 0 radical (unpaired) electrons. The van der Waals surface area contributed by atoms with Gasteiger partial charge in [0, 0.05) is 24.5 Å². The molecule has 0 atom stereocenters. The normalized spacial score (nSPS) is 17.7. The Balaban J connectivity index is 1.24. The van der Waals surface area contributed by atoms with E-state index in [0.29, 0.717) is 5.92 Å². The van der Waals surface area contributed by atoms with Crippen molar-refractivity contribution in [1.82, 2.24) is 0 Å². The maximum Gasteiger partial charge on any atom is 0.262 e. The van der Waals surface area contributed by atoms with Gasteiger partial charge in [0.15, 0.2) is 6.61 Å². The molecule has 1 amide bonds. The average Bonchev–Trinajstić information content (AvgIpc) is 2.80. The van der Waals surface area contributed by atoms with Gasteiger partial charge in [-0.3, -0.25) is 4.79 Å². The highest BCUT2D eigenvalue weighted by Gasteiger charge is 2.15. The molecule has 2 fully saturated rings. The number of carbonyl (C=O) groups is 1. The van der Waals surface area contributed by atoms with Crippen molar-refractivity contribution in [1.29, 1.82) is 0 Å². The molecule has 0 bridgehead atoms. The van der Waals surface area contributed by atoms with Gasteiger partial charge in [-0.15, -0.1) is 0 Å². The maximum absolute atomic E-state index is 12.2. The van der Waals surface area contributed by atoms with Gasteiger partial charge in [0.2, 0.25) is 0 Å². The van der Waals surface area contributed by atoms with Gasteiger partial charge < -0.3 is 19.7 Å². The quantitative estimate of drug-likeness (QED) is 0.779. The third-order valence-corrected chi connectivity index (χ3v) is 5.85. The van der Waals surface area contributed by atoms with Crippen molar-refractivity contribution in [3.05, 3.63) is 54.1 Å². The van der Waals surface area contributed by atoms with Crippen LogP contribution in [0, 0.1) is 0 Å². The number of rotatable bonds is 6. The molecule has 1 heterocycles. The minimum absolute atomic E-state index is 0.00793. The second-order valence-electron chi connectivity index (χ2n) is 7.89. The Morgan fingerprint density at radius 2 is 1.66 bits per heavy atom. The number of nitrogens with zero attached hydrogens (tertiary/aromatic N) is 1. The predicted octanol–water partition coefficient (Wildman–Crippen LogP) is 4.59. The Bertz CT molecular complexity index is 777. The summed E-state index contributed by atoms with van der Waals surface area (Å²) in [7, 11) is 0. The first-order valence-electron chi connectivity index (χ1n) is 10.7. The van der Waals surface area contributed by atoms with Crippen molar-refractivity contribution in [3.8, 4) is 5.75 Å². The third-order valence-electron chi connectivity index (χ3n) is 5.85. The van der Waals surface area contributed by atoms with E-state index in [1.54, 1.807) is 0 Å². The van der Waals surface area contributed by atoms with Gasteiger partial charge >= 0.3 is 0 Å². The molecular formula is C24H30N2O3. The van der Waals surface area contributed by atoms with Crippen LogP contribution in [0.5, 0.6) is 5.75 Å². The van der Waals surface area contributed by atoms with Crippen molar-refractivity contribution in [2.24, 2.45) is 0 Å². The van der Waals surface area contributed by atoms with Crippen molar-refractivity contribution >= 4 is 17.3 Å². The van der Waals surface area contributed by atoms with E-state index >= 15 is 0 Å². The first-order chi connectivity index (χ1) is 14.3.